The SMILES string of the molecule is CN(C)C(=O)c1ccc(CNC(=O)c2[nH]ncc2-c2ccccc2)cc1. The van der Waals surface area contributed by atoms with Gasteiger partial charge in [0.25, 0.3) is 11.8 Å². The van der Waals surface area contributed by atoms with Gasteiger partial charge in [0.2, 0.25) is 0 Å². The van der Waals surface area contributed by atoms with Crippen LogP contribution in [0.2, 0.25) is 0 Å². The van der Waals surface area contributed by atoms with E-state index in [1.54, 1.807) is 32.4 Å². The van der Waals surface area contributed by atoms with Crippen LogP contribution in [0.1, 0.15) is 26.4 Å². The Morgan fingerprint density at radius 2 is 1.73 bits per heavy atom. The number of H-pyrrole nitrogens is 1. The zero-order valence-corrected chi connectivity index (χ0v) is 14.7. The lowest BCUT2D eigenvalue weighted by Gasteiger charge is -2.11. The second kappa shape index (κ2) is 7.65. The number of nitrogens with zero attached hydrogens (tertiary/aromatic N) is 2. The van der Waals surface area contributed by atoms with Gasteiger partial charge in [-0.3, -0.25) is 14.7 Å². The molecule has 6 heteroatoms. The second-order valence-corrected chi connectivity index (χ2v) is 6.10. The van der Waals surface area contributed by atoms with Crippen LogP contribution < -0.4 is 5.32 Å². The molecule has 0 saturated carbocycles. The van der Waals surface area contributed by atoms with Crippen molar-refractivity contribution in [1.82, 2.24) is 20.4 Å². The molecule has 132 valence electrons. The molecule has 0 aliphatic rings. The molecule has 2 aromatic carbocycles. The molecule has 0 atom stereocenters. The van der Waals surface area contributed by atoms with E-state index in [0.29, 0.717) is 17.8 Å². The highest BCUT2D eigenvalue weighted by Gasteiger charge is 2.15. The van der Waals surface area contributed by atoms with Crippen LogP contribution >= 0.6 is 0 Å². The lowest BCUT2D eigenvalue weighted by Crippen LogP contribution is -2.24. The van der Waals surface area contributed by atoms with Gasteiger partial charge in [-0.05, 0) is 23.3 Å². The van der Waals surface area contributed by atoms with Crippen molar-refractivity contribution in [3.05, 3.63) is 77.6 Å². The molecular weight excluding hydrogens is 328 g/mol. The minimum atomic E-state index is -0.227. The maximum atomic E-state index is 12.5. The average molecular weight is 348 g/mol. The topological polar surface area (TPSA) is 78.1 Å². The Bertz CT molecular complexity index is 899. The molecule has 0 aliphatic carbocycles. The Morgan fingerprint density at radius 3 is 2.38 bits per heavy atom. The van der Waals surface area contributed by atoms with Gasteiger partial charge in [-0.25, -0.2) is 0 Å². The largest absolute Gasteiger partial charge is 0.347 e. The zero-order valence-electron chi connectivity index (χ0n) is 14.7. The second-order valence-electron chi connectivity index (χ2n) is 6.10. The van der Waals surface area contributed by atoms with E-state index >= 15 is 0 Å². The Balaban J connectivity index is 1.67. The molecule has 3 rings (SSSR count). The van der Waals surface area contributed by atoms with E-state index in [0.717, 1.165) is 16.7 Å². The number of carbonyl (C=O) groups excluding carboxylic acids is 2. The van der Waals surface area contributed by atoms with E-state index in [9.17, 15) is 9.59 Å². The number of rotatable bonds is 5. The first kappa shape index (κ1) is 17.4. The van der Waals surface area contributed by atoms with Crippen LogP contribution in [0.25, 0.3) is 11.1 Å². The molecule has 2 N–H and O–H groups in total. The molecule has 0 bridgehead atoms. The van der Waals surface area contributed by atoms with Crippen molar-refractivity contribution in [3.63, 3.8) is 0 Å². The standard InChI is InChI=1S/C20H20N4O2/c1-24(2)20(26)16-10-8-14(9-11-16)12-21-19(25)18-17(13-22-23-18)15-6-4-3-5-7-15/h3-11,13H,12H2,1-2H3,(H,21,25)(H,22,23). The molecule has 1 aromatic heterocycles. The van der Waals surface area contributed by atoms with Gasteiger partial charge < -0.3 is 10.2 Å². The number of carbonyl (C=O) groups is 2. The van der Waals surface area contributed by atoms with Gasteiger partial charge in [0.15, 0.2) is 0 Å². The summed E-state index contributed by atoms with van der Waals surface area (Å²) in [6.07, 6.45) is 1.64. The van der Waals surface area contributed by atoms with Gasteiger partial charge in [0.05, 0.1) is 6.20 Å². The first-order chi connectivity index (χ1) is 12.6. The van der Waals surface area contributed by atoms with E-state index in [4.69, 9.17) is 0 Å². The summed E-state index contributed by atoms with van der Waals surface area (Å²) in [4.78, 5) is 25.9. The summed E-state index contributed by atoms with van der Waals surface area (Å²) in [7, 11) is 3.43. The monoisotopic (exact) mass is 348 g/mol. The van der Waals surface area contributed by atoms with Gasteiger partial charge >= 0.3 is 0 Å². The third-order valence-electron chi connectivity index (χ3n) is 4.01. The predicted molar refractivity (Wildman–Crippen MR) is 99.7 cm³/mol. The molecule has 26 heavy (non-hydrogen) atoms. The quantitative estimate of drug-likeness (QED) is 0.744. The molecule has 3 aromatic rings. The molecule has 0 radical (unpaired) electrons. The van der Waals surface area contributed by atoms with Gasteiger partial charge in [-0.15, -0.1) is 0 Å². The minimum absolute atomic E-state index is 0.0504. The molecule has 1 heterocycles. The Kier molecular flexibility index (Phi) is 5.12. The maximum absolute atomic E-state index is 12.5. The number of amides is 2. The Hall–Kier alpha value is -3.41. The molecular formula is C20H20N4O2. The van der Waals surface area contributed by atoms with Crippen LogP contribution in [0, 0.1) is 0 Å². The van der Waals surface area contributed by atoms with Crippen LogP contribution in [0.15, 0.2) is 60.8 Å². The number of hydrogen-bond donors (Lipinski definition) is 2. The highest BCUT2D eigenvalue weighted by Crippen LogP contribution is 2.21. The predicted octanol–water partition coefficient (Wildman–Crippen LogP) is 2.71. The highest BCUT2D eigenvalue weighted by molar-refractivity contribution is 5.98. The van der Waals surface area contributed by atoms with Crippen molar-refractivity contribution in [2.75, 3.05) is 14.1 Å². The van der Waals surface area contributed by atoms with Gasteiger partial charge in [0.1, 0.15) is 5.69 Å². The van der Waals surface area contributed by atoms with Gasteiger partial charge in [-0.1, -0.05) is 42.5 Å². The molecule has 0 unspecified atom stereocenters. The summed E-state index contributed by atoms with van der Waals surface area (Å²) in [5.41, 5.74) is 3.64. The fourth-order valence-electron chi connectivity index (χ4n) is 2.59. The van der Waals surface area contributed by atoms with Crippen molar-refractivity contribution >= 4 is 11.8 Å². The van der Waals surface area contributed by atoms with Crippen LogP contribution in [0.4, 0.5) is 0 Å². The Morgan fingerprint density at radius 1 is 1.04 bits per heavy atom. The van der Waals surface area contributed by atoms with Crippen molar-refractivity contribution in [3.8, 4) is 11.1 Å². The number of aromatic nitrogens is 2. The molecule has 6 nitrogen and oxygen atoms in total. The van der Waals surface area contributed by atoms with Crippen LogP contribution in [-0.4, -0.2) is 41.0 Å². The molecule has 0 fully saturated rings. The number of benzene rings is 2. The van der Waals surface area contributed by atoms with E-state index in [2.05, 4.69) is 15.5 Å². The number of nitrogens with one attached hydrogen (secondary N) is 2. The average Bonchev–Trinajstić information content (AvgIpc) is 3.16. The van der Waals surface area contributed by atoms with Crippen LogP contribution in [-0.2, 0) is 6.54 Å². The number of aromatic amines is 1. The van der Waals surface area contributed by atoms with Crippen LogP contribution in [0.3, 0.4) is 0 Å². The summed E-state index contributed by atoms with van der Waals surface area (Å²) in [5, 5.41) is 9.64. The first-order valence-electron chi connectivity index (χ1n) is 8.24. The summed E-state index contributed by atoms with van der Waals surface area (Å²) in [5.74, 6) is -0.277. The lowest BCUT2D eigenvalue weighted by molar-refractivity contribution is 0.0827. The summed E-state index contributed by atoms with van der Waals surface area (Å²) >= 11 is 0. The smallest absolute Gasteiger partial charge is 0.270 e. The van der Waals surface area contributed by atoms with E-state index < -0.39 is 0 Å². The van der Waals surface area contributed by atoms with Gasteiger partial charge in [-0.2, -0.15) is 5.10 Å². The number of hydrogen-bond acceptors (Lipinski definition) is 3. The summed E-state index contributed by atoms with van der Waals surface area (Å²) in [6.45, 7) is 0.364. The molecule has 0 aliphatic heterocycles. The third kappa shape index (κ3) is 3.80. The fraction of sp³-hybridized carbons (Fsp3) is 0.150. The van der Waals surface area contributed by atoms with Crippen molar-refractivity contribution in [1.29, 1.82) is 0 Å². The van der Waals surface area contributed by atoms with Gasteiger partial charge in [0, 0.05) is 31.8 Å². The summed E-state index contributed by atoms with van der Waals surface area (Å²) < 4.78 is 0. The highest BCUT2D eigenvalue weighted by atomic mass is 16.2. The third-order valence-corrected chi connectivity index (χ3v) is 4.01. The van der Waals surface area contributed by atoms with Crippen molar-refractivity contribution in [2.45, 2.75) is 6.54 Å². The summed E-state index contributed by atoms with van der Waals surface area (Å²) in [6, 6.07) is 16.8. The normalized spacial score (nSPS) is 10.4. The lowest BCUT2D eigenvalue weighted by atomic mass is 10.1. The maximum Gasteiger partial charge on any atom is 0.270 e. The molecule has 0 saturated heterocycles. The molecule has 2 amide bonds. The van der Waals surface area contributed by atoms with E-state index in [-0.39, 0.29) is 11.8 Å². The zero-order chi connectivity index (χ0) is 18.5. The van der Waals surface area contributed by atoms with Crippen molar-refractivity contribution in [2.24, 2.45) is 0 Å². The minimum Gasteiger partial charge on any atom is -0.347 e. The Labute approximate surface area is 151 Å². The van der Waals surface area contributed by atoms with E-state index in [1.165, 1.54) is 4.90 Å². The first-order valence-corrected chi connectivity index (χ1v) is 8.24. The van der Waals surface area contributed by atoms with E-state index in [1.807, 2.05) is 42.5 Å². The van der Waals surface area contributed by atoms with Crippen LogP contribution in [0.5, 0.6) is 0 Å². The fourth-order valence-corrected chi connectivity index (χ4v) is 2.59. The van der Waals surface area contributed by atoms with Crippen molar-refractivity contribution < 1.29 is 9.59 Å². The molecule has 0 spiro atoms.